The second-order valence-corrected chi connectivity index (χ2v) is 7.15. The van der Waals surface area contributed by atoms with Crippen molar-refractivity contribution < 1.29 is 14.7 Å². The van der Waals surface area contributed by atoms with Gasteiger partial charge in [-0.2, -0.15) is 5.10 Å². The number of nitrogens with zero attached hydrogens (tertiary/aromatic N) is 4. The van der Waals surface area contributed by atoms with Crippen LogP contribution in [0.3, 0.4) is 0 Å². The summed E-state index contributed by atoms with van der Waals surface area (Å²) in [6.07, 6.45) is 2.98. The molecule has 134 valence electrons. The van der Waals surface area contributed by atoms with Crippen LogP contribution in [0.25, 0.3) is 11.0 Å². The fourth-order valence-electron chi connectivity index (χ4n) is 3.44. The minimum atomic E-state index is -0.839. The molecule has 2 aromatic heterocycles. The van der Waals surface area contributed by atoms with Crippen LogP contribution in [0, 0.1) is 12.8 Å². The van der Waals surface area contributed by atoms with Crippen molar-refractivity contribution in [2.24, 2.45) is 5.92 Å². The van der Waals surface area contributed by atoms with Crippen LogP contribution >= 0.6 is 0 Å². The quantitative estimate of drug-likeness (QED) is 0.925. The molecule has 0 spiro atoms. The van der Waals surface area contributed by atoms with Crippen LogP contribution < -0.4 is 0 Å². The molecule has 2 aromatic rings. The topological polar surface area (TPSA) is 88.3 Å². The van der Waals surface area contributed by atoms with Gasteiger partial charge in [0.15, 0.2) is 5.65 Å². The van der Waals surface area contributed by atoms with Crippen molar-refractivity contribution in [3.8, 4) is 0 Å². The molecule has 0 bridgehead atoms. The van der Waals surface area contributed by atoms with E-state index in [0.717, 1.165) is 5.69 Å². The van der Waals surface area contributed by atoms with Gasteiger partial charge in [-0.1, -0.05) is 0 Å². The normalized spacial score (nSPS) is 21.1. The first kappa shape index (κ1) is 17.4. The molecule has 1 aliphatic rings. The third-order valence-corrected chi connectivity index (χ3v) is 4.91. The summed E-state index contributed by atoms with van der Waals surface area (Å²) in [5.41, 5.74) is 1.99. The summed E-state index contributed by atoms with van der Waals surface area (Å²) in [7, 11) is 0. The van der Waals surface area contributed by atoms with E-state index < -0.39 is 11.9 Å². The first-order chi connectivity index (χ1) is 11.8. The lowest BCUT2D eigenvalue weighted by molar-refractivity contribution is -0.143. The number of likely N-dealkylation sites (tertiary alicyclic amines) is 1. The lowest BCUT2D eigenvalue weighted by Gasteiger charge is -2.36. The number of aryl methyl sites for hydroxylation is 1. The number of aliphatic carboxylic acids is 1. The Balaban J connectivity index is 2.03. The number of carbonyl (C=O) groups excluding carboxylic acids is 1. The highest BCUT2D eigenvalue weighted by atomic mass is 16.4. The number of aromatic nitrogens is 3. The summed E-state index contributed by atoms with van der Waals surface area (Å²) < 4.78 is 1.80. The molecule has 25 heavy (non-hydrogen) atoms. The van der Waals surface area contributed by atoms with Gasteiger partial charge in [-0.3, -0.25) is 9.59 Å². The molecule has 2 atom stereocenters. The zero-order valence-corrected chi connectivity index (χ0v) is 15.1. The molecule has 1 amide bonds. The predicted molar refractivity (Wildman–Crippen MR) is 93.5 cm³/mol. The molecule has 0 saturated carbocycles. The maximum Gasteiger partial charge on any atom is 0.308 e. The van der Waals surface area contributed by atoms with Gasteiger partial charge in [-0.05, 0) is 46.6 Å². The smallest absolute Gasteiger partial charge is 0.308 e. The van der Waals surface area contributed by atoms with Gasteiger partial charge in [0.25, 0.3) is 5.91 Å². The maximum atomic E-state index is 13.2. The summed E-state index contributed by atoms with van der Waals surface area (Å²) in [4.78, 5) is 30.8. The van der Waals surface area contributed by atoms with E-state index in [1.54, 1.807) is 21.8 Å². The van der Waals surface area contributed by atoms with Gasteiger partial charge in [0.1, 0.15) is 0 Å². The SMILES string of the molecule is Cc1cc(C(=O)N2CC(C(=O)O)CCC2C)c2cnn(C(C)C)c2n1. The van der Waals surface area contributed by atoms with Crippen molar-refractivity contribution in [1.82, 2.24) is 19.7 Å². The van der Waals surface area contributed by atoms with Gasteiger partial charge in [0.05, 0.1) is 23.1 Å². The molecule has 1 N–H and O–H groups in total. The Morgan fingerprint density at radius 3 is 2.68 bits per heavy atom. The first-order valence-electron chi connectivity index (χ1n) is 8.68. The highest BCUT2D eigenvalue weighted by molar-refractivity contribution is 6.05. The third-order valence-electron chi connectivity index (χ3n) is 4.91. The van der Waals surface area contributed by atoms with Crippen LogP contribution in [0.5, 0.6) is 0 Å². The molecule has 3 heterocycles. The van der Waals surface area contributed by atoms with Crippen molar-refractivity contribution in [1.29, 1.82) is 0 Å². The fraction of sp³-hybridized carbons (Fsp3) is 0.556. The summed E-state index contributed by atoms with van der Waals surface area (Å²) in [6.45, 7) is 8.10. The Morgan fingerprint density at radius 1 is 1.32 bits per heavy atom. The van der Waals surface area contributed by atoms with Crippen LogP contribution in [0.1, 0.15) is 55.7 Å². The molecular weight excluding hydrogens is 320 g/mol. The first-order valence-corrected chi connectivity index (χ1v) is 8.68. The van der Waals surface area contributed by atoms with Crippen molar-refractivity contribution in [3.63, 3.8) is 0 Å². The predicted octanol–water partition coefficient (Wildman–Crippen LogP) is 2.65. The van der Waals surface area contributed by atoms with Gasteiger partial charge in [-0.15, -0.1) is 0 Å². The van der Waals surface area contributed by atoms with Gasteiger partial charge in [0.2, 0.25) is 0 Å². The maximum absolute atomic E-state index is 13.2. The van der Waals surface area contributed by atoms with Gasteiger partial charge in [0, 0.05) is 24.3 Å². The second-order valence-electron chi connectivity index (χ2n) is 7.15. The van der Waals surface area contributed by atoms with Crippen LogP contribution in [-0.2, 0) is 4.79 Å². The van der Waals surface area contributed by atoms with Crippen molar-refractivity contribution in [3.05, 3.63) is 23.5 Å². The number of fused-ring (bicyclic) bond motifs is 1. The van der Waals surface area contributed by atoms with Gasteiger partial charge in [-0.25, -0.2) is 9.67 Å². The van der Waals surface area contributed by atoms with E-state index in [1.807, 2.05) is 27.7 Å². The molecular formula is C18H24N4O3. The van der Waals surface area contributed by atoms with Crippen LogP contribution in [0.15, 0.2) is 12.3 Å². The summed E-state index contributed by atoms with van der Waals surface area (Å²) >= 11 is 0. The van der Waals surface area contributed by atoms with E-state index >= 15 is 0 Å². The summed E-state index contributed by atoms with van der Waals surface area (Å²) in [6, 6.07) is 1.93. The molecule has 1 aliphatic heterocycles. The highest BCUT2D eigenvalue weighted by Gasteiger charge is 2.34. The number of rotatable bonds is 3. The molecule has 1 fully saturated rings. The van der Waals surface area contributed by atoms with E-state index in [1.165, 1.54) is 0 Å². The Labute approximate surface area is 146 Å². The standard InChI is InChI=1S/C18H24N4O3/c1-10(2)22-16-15(8-19-22)14(7-11(3)20-16)17(23)21-9-13(18(24)25)6-5-12(21)4/h7-8,10,12-13H,5-6,9H2,1-4H3,(H,24,25). The number of pyridine rings is 1. The average molecular weight is 344 g/mol. The largest absolute Gasteiger partial charge is 0.481 e. The van der Waals surface area contributed by atoms with E-state index in [0.29, 0.717) is 29.4 Å². The molecule has 7 nitrogen and oxygen atoms in total. The number of carbonyl (C=O) groups is 2. The monoisotopic (exact) mass is 344 g/mol. The Bertz CT molecular complexity index is 827. The zero-order chi connectivity index (χ0) is 18.3. The van der Waals surface area contributed by atoms with Crippen molar-refractivity contribution in [2.45, 2.75) is 52.6 Å². The van der Waals surface area contributed by atoms with Gasteiger partial charge < -0.3 is 10.0 Å². The Morgan fingerprint density at radius 2 is 2.04 bits per heavy atom. The van der Waals surface area contributed by atoms with Crippen molar-refractivity contribution in [2.75, 3.05) is 6.54 Å². The van der Waals surface area contributed by atoms with E-state index in [-0.39, 0.29) is 24.5 Å². The number of carboxylic acids is 1. The lowest BCUT2D eigenvalue weighted by atomic mass is 9.92. The summed E-state index contributed by atoms with van der Waals surface area (Å²) in [5.74, 6) is -1.48. The molecule has 0 aromatic carbocycles. The molecule has 3 rings (SSSR count). The van der Waals surface area contributed by atoms with Crippen molar-refractivity contribution >= 4 is 22.9 Å². The summed E-state index contributed by atoms with van der Waals surface area (Å²) in [5, 5.41) is 14.4. The molecule has 1 saturated heterocycles. The zero-order valence-electron chi connectivity index (χ0n) is 15.1. The fourth-order valence-corrected chi connectivity index (χ4v) is 3.44. The number of amides is 1. The number of carboxylic acid groups (broad SMARTS) is 1. The number of piperidine rings is 1. The molecule has 7 heteroatoms. The van der Waals surface area contributed by atoms with Crippen LogP contribution in [0.4, 0.5) is 0 Å². The van der Waals surface area contributed by atoms with Crippen LogP contribution in [0.2, 0.25) is 0 Å². The van der Waals surface area contributed by atoms with E-state index in [9.17, 15) is 14.7 Å². The average Bonchev–Trinajstić information content (AvgIpc) is 2.97. The number of hydrogen-bond acceptors (Lipinski definition) is 4. The number of hydrogen-bond donors (Lipinski definition) is 1. The minimum absolute atomic E-state index is 0.0202. The Kier molecular flexibility index (Phi) is 4.49. The second kappa shape index (κ2) is 6.46. The van der Waals surface area contributed by atoms with E-state index in [2.05, 4.69) is 10.1 Å². The third kappa shape index (κ3) is 3.10. The Hall–Kier alpha value is -2.44. The highest BCUT2D eigenvalue weighted by Crippen LogP contribution is 2.27. The molecule has 0 aliphatic carbocycles. The molecule has 0 radical (unpaired) electrons. The van der Waals surface area contributed by atoms with E-state index in [4.69, 9.17) is 0 Å². The minimum Gasteiger partial charge on any atom is -0.481 e. The molecule has 2 unspecified atom stereocenters. The van der Waals surface area contributed by atoms with Crippen LogP contribution in [-0.4, -0.2) is 49.2 Å². The van der Waals surface area contributed by atoms with Gasteiger partial charge >= 0.3 is 5.97 Å². The lowest BCUT2D eigenvalue weighted by Crippen LogP contribution is -2.47.